The minimum absolute atomic E-state index is 0.543. The van der Waals surface area contributed by atoms with Crippen molar-refractivity contribution in [2.75, 3.05) is 0 Å². The number of aldehydes is 1. The topological polar surface area (TPSA) is 42.9 Å². The van der Waals surface area contributed by atoms with Crippen LogP contribution < -0.4 is 0 Å². The van der Waals surface area contributed by atoms with Crippen molar-refractivity contribution in [3.05, 3.63) is 18.0 Å². The summed E-state index contributed by atoms with van der Waals surface area (Å²) < 4.78 is 0. The highest BCUT2D eigenvalue weighted by Gasteiger charge is 2.20. The summed E-state index contributed by atoms with van der Waals surface area (Å²) in [6.07, 6.45) is 9.13. The van der Waals surface area contributed by atoms with E-state index in [1.54, 1.807) is 24.2 Å². The van der Waals surface area contributed by atoms with Gasteiger partial charge in [-0.05, 0) is 18.8 Å². The second kappa shape index (κ2) is 5.43. The van der Waals surface area contributed by atoms with Gasteiger partial charge < -0.3 is 0 Å². The van der Waals surface area contributed by atoms with Crippen LogP contribution >= 0.6 is 11.8 Å². The van der Waals surface area contributed by atoms with Crippen LogP contribution in [0.15, 0.2) is 17.6 Å². The van der Waals surface area contributed by atoms with E-state index >= 15 is 0 Å². The maximum atomic E-state index is 10.5. The zero-order valence-corrected chi connectivity index (χ0v) is 10.2. The molecule has 1 fully saturated rings. The van der Waals surface area contributed by atoms with E-state index in [1.807, 2.05) is 0 Å². The molecule has 0 aromatic carbocycles. The van der Waals surface area contributed by atoms with E-state index in [0.29, 0.717) is 10.8 Å². The van der Waals surface area contributed by atoms with Crippen LogP contribution in [0.2, 0.25) is 0 Å². The molecule has 4 heteroatoms. The third-order valence-electron chi connectivity index (χ3n) is 2.94. The maximum Gasteiger partial charge on any atom is 0.187 e. The molecule has 0 bridgehead atoms. The van der Waals surface area contributed by atoms with Crippen LogP contribution in [-0.4, -0.2) is 21.5 Å². The number of hydrogen-bond acceptors (Lipinski definition) is 4. The Morgan fingerprint density at radius 2 is 2.12 bits per heavy atom. The molecule has 1 heterocycles. The summed E-state index contributed by atoms with van der Waals surface area (Å²) in [5.41, 5.74) is 0.543. The number of hydrogen-bond donors (Lipinski definition) is 0. The van der Waals surface area contributed by atoms with Crippen molar-refractivity contribution in [2.24, 2.45) is 5.92 Å². The summed E-state index contributed by atoms with van der Waals surface area (Å²) in [5.74, 6) is 0.820. The molecule has 0 amide bonds. The summed E-state index contributed by atoms with van der Waals surface area (Å²) >= 11 is 1.75. The molecule has 0 aliphatic heterocycles. The van der Waals surface area contributed by atoms with Crippen molar-refractivity contribution in [1.82, 2.24) is 9.97 Å². The summed E-state index contributed by atoms with van der Waals surface area (Å²) in [7, 11) is 0. The van der Waals surface area contributed by atoms with Gasteiger partial charge in [0, 0.05) is 17.6 Å². The smallest absolute Gasteiger partial charge is 0.187 e. The molecule has 2 unspecified atom stereocenters. The molecule has 0 radical (unpaired) electrons. The summed E-state index contributed by atoms with van der Waals surface area (Å²) in [4.78, 5) is 18.8. The molecular weight excluding hydrogens is 220 g/mol. The van der Waals surface area contributed by atoms with E-state index in [9.17, 15) is 4.79 Å². The Kier molecular flexibility index (Phi) is 3.93. The first kappa shape index (κ1) is 11.6. The average Bonchev–Trinajstić information content (AvgIpc) is 2.30. The van der Waals surface area contributed by atoms with Crippen molar-refractivity contribution < 1.29 is 4.79 Å². The second-order valence-corrected chi connectivity index (χ2v) is 5.70. The van der Waals surface area contributed by atoms with Gasteiger partial charge in [0.25, 0.3) is 0 Å². The fraction of sp³-hybridized carbons (Fsp3) is 0.583. The lowest BCUT2D eigenvalue weighted by Crippen LogP contribution is -2.15. The van der Waals surface area contributed by atoms with Crippen LogP contribution in [-0.2, 0) is 0 Å². The van der Waals surface area contributed by atoms with Crippen LogP contribution in [0.25, 0.3) is 0 Å². The molecule has 1 aromatic heterocycles. The van der Waals surface area contributed by atoms with Gasteiger partial charge in [-0.2, -0.15) is 0 Å². The van der Waals surface area contributed by atoms with Crippen LogP contribution in [0.1, 0.15) is 43.0 Å². The minimum atomic E-state index is 0.543. The standard InChI is InChI=1S/C12H16N2OS/c1-9-3-2-4-11(5-9)16-12-13-6-10(8-15)7-14-12/h6-9,11H,2-5H2,1H3. The average molecular weight is 236 g/mol. The molecule has 0 spiro atoms. The Morgan fingerprint density at radius 1 is 1.38 bits per heavy atom. The highest BCUT2D eigenvalue weighted by molar-refractivity contribution is 7.99. The number of thioether (sulfide) groups is 1. The molecule has 1 aromatic rings. The predicted molar refractivity (Wildman–Crippen MR) is 64.7 cm³/mol. The second-order valence-electron chi connectivity index (χ2n) is 4.43. The molecule has 1 aliphatic carbocycles. The SMILES string of the molecule is CC1CCCC(Sc2ncc(C=O)cn2)C1. The van der Waals surface area contributed by atoms with Crippen LogP contribution in [0.4, 0.5) is 0 Å². The molecule has 1 saturated carbocycles. The van der Waals surface area contributed by atoms with E-state index in [2.05, 4.69) is 16.9 Å². The molecule has 2 atom stereocenters. The zero-order chi connectivity index (χ0) is 11.4. The quantitative estimate of drug-likeness (QED) is 0.598. The van der Waals surface area contributed by atoms with Crippen molar-refractivity contribution in [3.8, 4) is 0 Å². The number of nitrogens with zero attached hydrogens (tertiary/aromatic N) is 2. The Balaban J connectivity index is 1.94. The van der Waals surface area contributed by atoms with E-state index < -0.39 is 0 Å². The summed E-state index contributed by atoms with van der Waals surface area (Å²) in [6.45, 7) is 2.31. The zero-order valence-electron chi connectivity index (χ0n) is 9.43. The fourth-order valence-electron chi connectivity index (χ4n) is 2.08. The van der Waals surface area contributed by atoms with Crippen molar-refractivity contribution >= 4 is 18.0 Å². The molecule has 3 nitrogen and oxygen atoms in total. The van der Waals surface area contributed by atoms with Gasteiger partial charge in [-0.15, -0.1) is 0 Å². The third-order valence-corrected chi connectivity index (χ3v) is 4.13. The third kappa shape index (κ3) is 3.04. The van der Waals surface area contributed by atoms with E-state index in [4.69, 9.17) is 0 Å². The number of aromatic nitrogens is 2. The first-order chi connectivity index (χ1) is 7.78. The number of carbonyl (C=O) groups excluding carboxylic acids is 1. The molecule has 0 N–H and O–H groups in total. The number of carbonyl (C=O) groups is 1. The van der Waals surface area contributed by atoms with Crippen molar-refractivity contribution in [3.63, 3.8) is 0 Å². The summed E-state index contributed by atoms with van der Waals surface area (Å²) in [6, 6.07) is 0. The van der Waals surface area contributed by atoms with E-state index in [0.717, 1.165) is 17.4 Å². The highest BCUT2D eigenvalue weighted by atomic mass is 32.2. The van der Waals surface area contributed by atoms with Gasteiger partial charge in [-0.3, -0.25) is 4.79 Å². The lowest BCUT2D eigenvalue weighted by molar-refractivity contribution is 0.112. The Morgan fingerprint density at radius 3 is 2.75 bits per heavy atom. The van der Waals surface area contributed by atoms with Gasteiger partial charge in [-0.25, -0.2) is 9.97 Å². The van der Waals surface area contributed by atoms with Crippen LogP contribution in [0, 0.1) is 5.92 Å². The molecule has 16 heavy (non-hydrogen) atoms. The van der Waals surface area contributed by atoms with Crippen molar-refractivity contribution in [1.29, 1.82) is 0 Å². The van der Waals surface area contributed by atoms with Crippen LogP contribution in [0.5, 0.6) is 0 Å². The van der Waals surface area contributed by atoms with Crippen molar-refractivity contribution in [2.45, 2.75) is 43.0 Å². The maximum absolute atomic E-state index is 10.5. The summed E-state index contributed by atoms with van der Waals surface area (Å²) in [5, 5.41) is 1.44. The molecule has 0 saturated heterocycles. The highest BCUT2D eigenvalue weighted by Crippen LogP contribution is 2.34. The van der Waals surface area contributed by atoms with Gasteiger partial charge in [0.15, 0.2) is 11.4 Å². The Bertz CT molecular complexity index is 353. The van der Waals surface area contributed by atoms with Gasteiger partial charge in [0.05, 0.1) is 5.56 Å². The lowest BCUT2D eigenvalue weighted by Gasteiger charge is -2.25. The minimum Gasteiger partial charge on any atom is -0.298 e. The number of rotatable bonds is 3. The lowest BCUT2D eigenvalue weighted by atomic mass is 9.91. The monoisotopic (exact) mass is 236 g/mol. The van der Waals surface area contributed by atoms with Gasteiger partial charge in [0.2, 0.25) is 0 Å². The molecule has 86 valence electrons. The molecule has 1 aliphatic rings. The normalized spacial score (nSPS) is 25.3. The first-order valence-corrected chi connectivity index (χ1v) is 6.60. The molecular formula is C12H16N2OS. The van der Waals surface area contributed by atoms with Gasteiger partial charge in [0.1, 0.15) is 0 Å². The van der Waals surface area contributed by atoms with Crippen LogP contribution in [0.3, 0.4) is 0 Å². The van der Waals surface area contributed by atoms with Gasteiger partial charge >= 0.3 is 0 Å². The fourth-order valence-corrected chi connectivity index (χ4v) is 3.32. The Hall–Kier alpha value is -0.900. The predicted octanol–water partition coefficient (Wildman–Crippen LogP) is 2.96. The molecule has 2 rings (SSSR count). The van der Waals surface area contributed by atoms with Gasteiger partial charge in [-0.1, -0.05) is 31.5 Å². The Labute approximate surface area is 100 Å². The first-order valence-electron chi connectivity index (χ1n) is 5.72. The largest absolute Gasteiger partial charge is 0.298 e. The van der Waals surface area contributed by atoms with E-state index in [1.165, 1.54) is 25.7 Å². The van der Waals surface area contributed by atoms with E-state index in [-0.39, 0.29) is 0 Å².